The van der Waals surface area contributed by atoms with Gasteiger partial charge in [-0.25, -0.2) is 0 Å². The second kappa shape index (κ2) is 57.6. The molecule has 0 fully saturated rings. The quantitative estimate of drug-likeness (QED) is 0.0199. The van der Waals surface area contributed by atoms with Crippen LogP contribution in [0.25, 0.3) is 0 Å². The Morgan fingerprint density at radius 2 is 0.563 bits per heavy atom. The van der Waals surface area contributed by atoms with Gasteiger partial charge in [0.1, 0.15) is 13.2 Å². The second-order valence-electron chi connectivity index (χ2n) is 18.0. The van der Waals surface area contributed by atoms with E-state index in [2.05, 4.69) is 57.2 Å². The molecule has 1 atom stereocenters. The third kappa shape index (κ3) is 55.8. The Morgan fingerprint density at radius 1 is 0.296 bits per heavy atom. The maximum absolute atomic E-state index is 12.9. The van der Waals surface area contributed by atoms with E-state index in [1.54, 1.807) is 0 Å². The van der Waals surface area contributed by atoms with Gasteiger partial charge in [0.25, 0.3) is 0 Å². The van der Waals surface area contributed by atoms with E-state index in [0.29, 0.717) is 19.3 Å². The first-order chi connectivity index (χ1) is 35.0. The van der Waals surface area contributed by atoms with Crippen molar-refractivity contribution in [1.29, 1.82) is 0 Å². The van der Waals surface area contributed by atoms with Crippen molar-refractivity contribution < 1.29 is 28.6 Å². The van der Waals surface area contributed by atoms with Crippen LogP contribution in [0.4, 0.5) is 0 Å². The lowest BCUT2D eigenvalue weighted by atomic mass is 10.1. The Kier molecular flexibility index (Phi) is 53.6. The maximum Gasteiger partial charge on any atom is 0.306 e. The first-order valence-electron chi connectivity index (χ1n) is 28.2. The van der Waals surface area contributed by atoms with Gasteiger partial charge in [-0.1, -0.05) is 269 Å². The lowest BCUT2D eigenvalue weighted by Gasteiger charge is -2.18. The number of hydrogen-bond donors (Lipinski definition) is 0. The standard InChI is InChI=1S/C65H100O6/c1-4-7-10-13-16-19-22-25-28-30-32-34-37-40-43-46-49-52-55-58-64(67)70-61-62(60-69-63(66)57-54-51-48-45-42-39-36-27-24-21-18-15-12-9-6-3)71-65(68)59-56-53-50-47-44-41-38-35-33-31-29-26-23-20-17-14-11-8-5-2/h7,9-10,12-13,15-16,18-19,21-22,24-25,27-28,30-34,36-37,39-40,42-43,62H,4-6,8,11,14,17,20,23,26,29,35,38,41,44-61H2,1-3H3/b10-7-,12-9-,16-13-,18-15-,22-19-,24-21-,28-25-,32-30+,33-31-,36-27-,37-34-,42-39-,43-40-. The van der Waals surface area contributed by atoms with E-state index < -0.39 is 6.10 Å². The first-order valence-corrected chi connectivity index (χ1v) is 28.2. The minimum atomic E-state index is -0.826. The molecular weight excluding hydrogens is 877 g/mol. The minimum absolute atomic E-state index is 0.124. The molecule has 0 saturated heterocycles. The SMILES string of the molecule is CC\C=C/C=C\C=C/C=C\C=C/CCCCCC(=O)OCC(COC(=O)CCCCC\C=C/C=C\C=C\C=C/C=C\C=C/C=C\CC)OC(=O)CCCCCCCCC/C=C\CCCCCCCCCC. The van der Waals surface area contributed by atoms with Crippen LogP contribution in [0.15, 0.2) is 158 Å². The maximum atomic E-state index is 12.9. The molecule has 6 heteroatoms. The topological polar surface area (TPSA) is 78.9 Å². The number of allylic oxidation sites excluding steroid dienone is 26. The molecule has 6 nitrogen and oxygen atoms in total. The van der Waals surface area contributed by atoms with E-state index >= 15 is 0 Å². The molecular formula is C65H100O6. The minimum Gasteiger partial charge on any atom is -0.462 e. The summed E-state index contributed by atoms with van der Waals surface area (Å²) in [5.74, 6) is -1.02. The van der Waals surface area contributed by atoms with E-state index in [1.165, 1.54) is 89.9 Å². The van der Waals surface area contributed by atoms with E-state index in [1.807, 2.05) is 122 Å². The molecule has 0 rings (SSSR count). The van der Waals surface area contributed by atoms with Gasteiger partial charge < -0.3 is 14.2 Å². The van der Waals surface area contributed by atoms with Crippen molar-refractivity contribution in [2.24, 2.45) is 0 Å². The van der Waals surface area contributed by atoms with Crippen molar-refractivity contribution in [2.75, 3.05) is 13.2 Å². The van der Waals surface area contributed by atoms with Crippen LogP contribution in [-0.2, 0) is 28.6 Å². The predicted molar refractivity (Wildman–Crippen MR) is 306 cm³/mol. The highest BCUT2D eigenvalue weighted by molar-refractivity contribution is 5.71. The largest absolute Gasteiger partial charge is 0.462 e. The summed E-state index contributed by atoms with van der Waals surface area (Å²) < 4.78 is 16.8. The summed E-state index contributed by atoms with van der Waals surface area (Å²) in [7, 11) is 0. The molecule has 0 heterocycles. The van der Waals surface area contributed by atoms with E-state index in [-0.39, 0.29) is 37.5 Å². The highest BCUT2D eigenvalue weighted by atomic mass is 16.6. The van der Waals surface area contributed by atoms with Crippen LogP contribution < -0.4 is 0 Å². The molecule has 0 amide bonds. The number of carbonyl (C=O) groups excluding carboxylic acids is 3. The molecule has 0 N–H and O–H groups in total. The second-order valence-corrected chi connectivity index (χ2v) is 18.0. The fraction of sp³-hybridized carbons (Fsp3) is 0.554. The average molecular weight is 978 g/mol. The number of carbonyl (C=O) groups is 3. The summed E-state index contributed by atoms with van der Waals surface area (Å²) in [6.45, 7) is 6.26. The zero-order valence-corrected chi connectivity index (χ0v) is 45.2. The lowest BCUT2D eigenvalue weighted by Crippen LogP contribution is -2.30. The number of hydrogen-bond acceptors (Lipinski definition) is 6. The normalized spacial score (nSPS) is 13.3. The van der Waals surface area contributed by atoms with E-state index in [4.69, 9.17) is 14.2 Å². The summed E-state index contributed by atoms with van der Waals surface area (Å²) in [5, 5.41) is 0. The Bertz CT molecular complexity index is 1640. The number of rotatable bonds is 48. The van der Waals surface area contributed by atoms with Gasteiger partial charge in [-0.2, -0.15) is 0 Å². The van der Waals surface area contributed by atoms with Crippen LogP contribution in [0, 0.1) is 0 Å². The highest BCUT2D eigenvalue weighted by Crippen LogP contribution is 2.14. The fourth-order valence-corrected chi connectivity index (χ4v) is 7.15. The summed E-state index contributed by atoms with van der Waals surface area (Å²) in [6, 6.07) is 0. The van der Waals surface area contributed by atoms with Gasteiger partial charge in [0.2, 0.25) is 0 Å². The van der Waals surface area contributed by atoms with Crippen LogP contribution >= 0.6 is 0 Å². The molecule has 396 valence electrons. The molecule has 0 radical (unpaired) electrons. The van der Waals surface area contributed by atoms with Crippen molar-refractivity contribution in [3.63, 3.8) is 0 Å². The zero-order chi connectivity index (χ0) is 51.4. The van der Waals surface area contributed by atoms with Gasteiger partial charge in [-0.15, -0.1) is 0 Å². The van der Waals surface area contributed by atoms with Crippen LogP contribution in [0.3, 0.4) is 0 Å². The lowest BCUT2D eigenvalue weighted by molar-refractivity contribution is -0.167. The van der Waals surface area contributed by atoms with Crippen LogP contribution in [-0.4, -0.2) is 37.2 Å². The van der Waals surface area contributed by atoms with Gasteiger partial charge in [0.05, 0.1) is 0 Å². The Balaban J connectivity index is 4.58. The molecule has 0 saturated carbocycles. The number of ether oxygens (including phenoxy) is 3. The first kappa shape index (κ1) is 66.0. The summed E-state index contributed by atoms with van der Waals surface area (Å²) in [5.41, 5.74) is 0. The molecule has 0 bridgehead atoms. The van der Waals surface area contributed by atoms with Gasteiger partial charge in [0, 0.05) is 19.3 Å². The Labute approximate surface area is 435 Å². The van der Waals surface area contributed by atoms with Crippen molar-refractivity contribution in [3.8, 4) is 0 Å². The van der Waals surface area contributed by atoms with Gasteiger partial charge in [-0.3, -0.25) is 14.4 Å². The van der Waals surface area contributed by atoms with Crippen molar-refractivity contribution in [2.45, 2.75) is 219 Å². The number of unbranched alkanes of at least 4 members (excludes halogenated alkanes) is 21. The predicted octanol–water partition coefficient (Wildman–Crippen LogP) is 19.0. The van der Waals surface area contributed by atoms with Crippen molar-refractivity contribution in [3.05, 3.63) is 158 Å². The van der Waals surface area contributed by atoms with Gasteiger partial charge in [-0.05, 0) is 83.5 Å². The molecule has 0 aliphatic rings. The molecule has 71 heavy (non-hydrogen) atoms. The molecule has 0 aromatic heterocycles. The van der Waals surface area contributed by atoms with Crippen LogP contribution in [0.5, 0.6) is 0 Å². The zero-order valence-electron chi connectivity index (χ0n) is 45.2. The highest BCUT2D eigenvalue weighted by Gasteiger charge is 2.19. The molecule has 1 unspecified atom stereocenters. The fourth-order valence-electron chi connectivity index (χ4n) is 7.15. The average Bonchev–Trinajstić information content (AvgIpc) is 3.37. The summed E-state index contributed by atoms with van der Waals surface area (Å²) >= 11 is 0. The third-order valence-corrected chi connectivity index (χ3v) is 11.3. The Morgan fingerprint density at radius 3 is 0.915 bits per heavy atom. The molecule has 0 aliphatic heterocycles. The van der Waals surface area contributed by atoms with E-state index in [9.17, 15) is 14.4 Å². The molecule has 0 aromatic carbocycles. The number of esters is 3. The summed E-state index contributed by atoms with van der Waals surface area (Å²) in [4.78, 5) is 38.1. The molecule has 0 spiro atoms. The van der Waals surface area contributed by atoms with Crippen molar-refractivity contribution in [1.82, 2.24) is 0 Å². The van der Waals surface area contributed by atoms with E-state index in [0.717, 1.165) is 77.0 Å². The smallest absolute Gasteiger partial charge is 0.306 e. The third-order valence-electron chi connectivity index (χ3n) is 11.3. The molecule has 0 aromatic rings. The monoisotopic (exact) mass is 977 g/mol. The van der Waals surface area contributed by atoms with Gasteiger partial charge >= 0.3 is 17.9 Å². The van der Waals surface area contributed by atoms with Crippen LogP contribution in [0.1, 0.15) is 213 Å². The van der Waals surface area contributed by atoms with Crippen molar-refractivity contribution >= 4 is 17.9 Å². The molecule has 0 aliphatic carbocycles. The Hall–Kier alpha value is -4.97. The van der Waals surface area contributed by atoms with Crippen LogP contribution in [0.2, 0.25) is 0 Å². The van der Waals surface area contributed by atoms with Gasteiger partial charge in [0.15, 0.2) is 6.10 Å². The summed E-state index contributed by atoms with van der Waals surface area (Å²) in [6.07, 6.45) is 83.7.